The van der Waals surface area contributed by atoms with Gasteiger partial charge in [0.2, 0.25) is 0 Å². The number of hydrogen-bond donors (Lipinski definition) is 2. The second-order valence-electron chi connectivity index (χ2n) is 5.12. The minimum Gasteiger partial charge on any atom is -0.397 e. The van der Waals surface area contributed by atoms with E-state index >= 15 is 0 Å². The van der Waals surface area contributed by atoms with Crippen LogP contribution in [-0.2, 0) is 22.9 Å². The van der Waals surface area contributed by atoms with Crippen LogP contribution in [0.1, 0.15) is 17.5 Å². The maximum atomic E-state index is 13.2. The summed E-state index contributed by atoms with van der Waals surface area (Å²) in [5, 5.41) is 0. The van der Waals surface area contributed by atoms with Crippen LogP contribution in [0.25, 0.3) is 0 Å². The quantitative estimate of drug-likeness (QED) is 0.856. The van der Waals surface area contributed by atoms with Gasteiger partial charge in [0.15, 0.2) is 0 Å². The van der Waals surface area contributed by atoms with E-state index in [2.05, 4.69) is 4.72 Å². The molecule has 0 spiro atoms. The van der Waals surface area contributed by atoms with E-state index in [1.165, 1.54) is 17.7 Å². The number of sulfonamides is 1. The first-order valence-corrected chi connectivity index (χ1v) is 8.14. The number of nitrogen functional groups attached to an aromatic ring is 1. The molecule has 4 nitrogen and oxygen atoms in total. The molecule has 0 aromatic heterocycles. The fraction of sp³-hybridized carbons (Fsp3) is 0.200. The summed E-state index contributed by atoms with van der Waals surface area (Å²) in [6, 6.07) is 8.67. The average Bonchev–Trinajstić information content (AvgIpc) is 2.90. The number of benzene rings is 2. The summed E-state index contributed by atoms with van der Waals surface area (Å²) in [4.78, 5) is 0.173. The number of nitrogens with one attached hydrogen (secondary N) is 1. The van der Waals surface area contributed by atoms with Crippen molar-refractivity contribution in [2.24, 2.45) is 0 Å². The minimum atomic E-state index is -3.77. The van der Waals surface area contributed by atoms with Crippen LogP contribution in [0, 0.1) is 5.82 Å². The topological polar surface area (TPSA) is 72.2 Å². The molecule has 3 rings (SSSR count). The lowest BCUT2D eigenvalue weighted by Crippen LogP contribution is -2.14. The summed E-state index contributed by atoms with van der Waals surface area (Å²) in [5.74, 6) is -0.546. The van der Waals surface area contributed by atoms with Crippen molar-refractivity contribution in [3.8, 4) is 0 Å². The molecule has 1 aliphatic carbocycles. The Kier molecular flexibility index (Phi) is 3.33. The van der Waals surface area contributed by atoms with E-state index in [-0.39, 0.29) is 16.3 Å². The van der Waals surface area contributed by atoms with Gasteiger partial charge < -0.3 is 5.73 Å². The Balaban J connectivity index is 1.95. The van der Waals surface area contributed by atoms with Crippen molar-refractivity contribution in [1.82, 2.24) is 0 Å². The maximum absolute atomic E-state index is 13.2. The number of nitrogens with two attached hydrogens (primary N) is 1. The van der Waals surface area contributed by atoms with E-state index in [1.807, 2.05) is 6.07 Å². The number of aryl methyl sites for hydroxylation is 2. The molecule has 0 saturated carbocycles. The number of hydrogen-bond acceptors (Lipinski definition) is 3. The van der Waals surface area contributed by atoms with Gasteiger partial charge in [-0.2, -0.15) is 0 Å². The smallest absolute Gasteiger partial charge is 0.261 e. The van der Waals surface area contributed by atoms with E-state index < -0.39 is 15.8 Å². The van der Waals surface area contributed by atoms with Crippen molar-refractivity contribution in [3.63, 3.8) is 0 Å². The van der Waals surface area contributed by atoms with Gasteiger partial charge in [-0.15, -0.1) is 0 Å². The normalized spacial score (nSPS) is 14.0. The Morgan fingerprint density at radius 1 is 1.05 bits per heavy atom. The van der Waals surface area contributed by atoms with E-state index in [4.69, 9.17) is 5.73 Å². The first-order valence-electron chi connectivity index (χ1n) is 6.65. The van der Waals surface area contributed by atoms with Crippen LogP contribution in [0.2, 0.25) is 0 Å². The van der Waals surface area contributed by atoms with Crippen LogP contribution in [0.5, 0.6) is 0 Å². The fourth-order valence-corrected chi connectivity index (χ4v) is 3.66. The molecule has 0 bridgehead atoms. The molecule has 6 heteroatoms. The molecule has 2 aromatic carbocycles. The zero-order valence-electron chi connectivity index (χ0n) is 11.3. The third-order valence-electron chi connectivity index (χ3n) is 3.64. The van der Waals surface area contributed by atoms with E-state index in [0.717, 1.165) is 30.9 Å². The first-order chi connectivity index (χ1) is 9.95. The number of anilines is 2. The molecule has 21 heavy (non-hydrogen) atoms. The van der Waals surface area contributed by atoms with Gasteiger partial charge in [0.25, 0.3) is 10.0 Å². The second kappa shape index (κ2) is 5.04. The van der Waals surface area contributed by atoms with Gasteiger partial charge in [0.1, 0.15) is 5.82 Å². The fourth-order valence-electron chi connectivity index (χ4n) is 2.54. The van der Waals surface area contributed by atoms with Crippen LogP contribution in [0.3, 0.4) is 0 Å². The zero-order valence-corrected chi connectivity index (χ0v) is 12.1. The largest absolute Gasteiger partial charge is 0.397 e. The van der Waals surface area contributed by atoms with E-state index in [0.29, 0.717) is 0 Å². The molecule has 3 N–H and O–H groups in total. The van der Waals surface area contributed by atoms with Crippen LogP contribution < -0.4 is 10.5 Å². The number of halogens is 1. The number of fused-ring (bicyclic) bond motifs is 1. The molecule has 110 valence electrons. The molecule has 0 unspecified atom stereocenters. The van der Waals surface area contributed by atoms with Crippen LogP contribution in [0.4, 0.5) is 15.8 Å². The van der Waals surface area contributed by atoms with Crippen molar-refractivity contribution >= 4 is 21.4 Å². The Morgan fingerprint density at radius 3 is 2.62 bits per heavy atom. The predicted octanol–water partition coefficient (Wildman–Crippen LogP) is 2.70. The summed E-state index contributed by atoms with van der Waals surface area (Å²) >= 11 is 0. The highest BCUT2D eigenvalue weighted by Gasteiger charge is 2.19. The highest BCUT2D eigenvalue weighted by molar-refractivity contribution is 7.92. The average molecular weight is 306 g/mol. The monoisotopic (exact) mass is 306 g/mol. The van der Waals surface area contributed by atoms with Crippen molar-refractivity contribution < 1.29 is 12.8 Å². The minimum absolute atomic E-state index is 0.0514. The molecule has 0 heterocycles. The molecular weight excluding hydrogens is 291 g/mol. The van der Waals surface area contributed by atoms with Crippen molar-refractivity contribution in [2.45, 2.75) is 24.2 Å². The highest BCUT2D eigenvalue weighted by Crippen LogP contribution is 2.27. The van der Waals surface area contributed by atoms with Crippen LogP contribution in [-0.4, -0.2) is 8.42 Å². The summed E-state index contributed by atoms with van der Waals surface area (Å²) in [5.41, 5.74) is 8.16. The van der Waals surface area contributed by atoms with Crippen molar-refractivity contribution in [3.05, 3.63) is 53.3 Å². The van der Waals surface area contributed by atoms with Gasteiger partial charge >= 0.3 is 0 Å². The zero-order chi connectivity index (χ0) is 15.0. The molecule has 0 fully saturated rings. The lowest BCUT2D eigenvalue weighted by Gasteiger charge is -2.11. The lowest BCUT2D eigenvalue weighted by atomic mass is 10.1. The summed E-state index contributed by atoms with van der Waals surface area (Å²) in [6.07, 6.45) is 2.92. The Bertz CT molecular complexity index is 803. The molecule has 0 aliphatic heterocycles. The molecule has 0 amide bonds. The van der Waals surface area contributed by atoms with Gasteiger partial charge in [-0.1, -0.05) is 6.07 Å². The van der Waals surface area contributed by atoms with Crippen LogP contribution in [0.15, 0.2) is 41.3 Å². The molecule has 0 radical (unpaired) electrons. The first kappa shape index (κ1) is 13.9. The maximum Gasteiger partial charge on any atom is 0.261 e. The summed E-state index contributed by atoms with van der Waals surface area (Å²) < 4.78 is 40.3. The lowest BCUT2D eigenvalue weighted by molar-refractivity contribution is 0.601. The molecule has 0 atom stereocenters. The standard InChI is InChI=1S/C15H15FN2O2S/c16-12-5-7-14(17)15(9-12)18-21(19,20)13-6-4-10-2-1-3-11(10)8-13/h4-9,18H,1-3,17H2. The summed E-state index contributed by atoms with van der Waals surface area (Å²) in [6.45, 7) is 0. The van der Waals surface area contributed by atoms with Crippen LogP contribution >= 0.6 is 0 Å². The Morgan fingerprint density at radius 2 is 1.81 bits per heavy atom. The molecule has 1 aliphatic rings. The summed E-state index contributed by atoms with van der Waals surface area (Å²) in [7, 11) is -3.77. The Labute approximate surface area is 122 Å². The predicted molar refractivity (Wildman–Crippen MR) is 80.1 cm³/mol. The molecular formula is C15H15FN2O2S. The number of rotatable bonds is 3. The van der Waals surface area contributed by atoms with E-state index in [9.17, 15) is 12.8 Å². The Hall–Kier alpha value is -2.08. The third-order valence-corrected chi connectivity index (χ3v) is 5.00. The van der Waals surface area contributed by atoms with Gasteiger partial charge in [0.05, 0.1) is 16.3 Å². The van der Waals surface area contributed by atoms with E-state index in [1.54, 1.807) is 12.1 Å². The molecule has 0 saturated heterocycles. The SMILES string of the molecule is Nc1ccc(F)cc1NS(=O)(=O)c1ccc2c(c1)CCC2. The van der Waals surface area contributed by atoms with Gasteiger partial charge in [-0.05, 0) is 54.7 Å². The van der Waals surface area contributed by atoms with Gasteiger partial charge in [-0.3, -0.25) is 4.72 Å². The van der Waals surface area contributed by atoms with Crippen molar-refractivity contribution in [1.29, 1.82) is 0 Å². The van der Waals surface area contributed by atoms with Gasteiger partial charge in [0, 0.05) is 6.07 Å². The van der Waals surface area contributed by atoms with Gasteiger partial charge in [-0.25, -0.2) is 12.8 Å². The highest BCUT2D eigenvalue weighted by atomic mass is 32.2. The molecule has 2 aromatic rings. The second-order valence-corrected chi connectivity index (χ2v) is 6.80. The van der Waals surface area contributed by atoms with Crippen molar-refractivity contribution in [2.75, 3.05) is 10.5 Å². The third kappa shape index (κ3) is 2.71.